The molecule has 2 nitrogen and oxygen atoms in total. The quantitative estimate of drug-likeness (QED) is 0.874. The Kier molecular flexibility index (Phi) is 5.26. The van der Waals surface area contributed by atoms with Crippen molar-refractivity contribution in [2.75, 3.05) is 11.1 Å². The van der Waals surface area contributed by atoms with Crippen molar-refractivity contribution in [1.29, 1.82) is 0 Å². The number of rotatable bonds is 4. The molecule has 0 heterocycles. The zero-order chi connectivity index (χ0) is 13.3. The van der Waals surface area contributed by atoms with Gasteiger partial charge in [-0.1, -0.05) is 72.4 Å². The van der Waals surface area contributed by atoms with Gasteiger partial charge >= 0.3 is 0 Å². The third kappa shape index (κ3) is 5.02. The van der Waals surface area contributed by atoms with Crippen LogP contribution in [0.4, 0.5) is 10.5 Å². The Hall–Kier alpha value is -2.00. The van der Waals surface area contributed by atoms with Gasteiger partial charge in [0, 0.05) is 11.4 Å². The molecule has 0 spiro atoms. The number of benzene rings is 2. The molecule has 0 saturated carbocycles. The molecule has 2 aromatic rings. The van der Waals surface area contributed by atoms with E-state index in [0.717, 1.165) is 11.3 Å². The second-order valence-electron chi connectivity index (χ2n) is 3.90. The highest BCUT2D eigenvalue weighted by Gasteiger charge is 2.00. The maximum absolute atomic E-state index is 11.6. The van der Waals surface area contributed by atoms with E-state index in [2.05, 4.69) is 5.32 Å². The molecule has 0 bridgehead atoms. The van der Waals surface area contributed by atoms with Gasteiger partial charge in [0.1, 0.15) is 0 Å². The summed E-state index contributed by atoms with van der Waals surface area (Å²) in [6.45, 7) is 0. The number of amides is 1. The molecule has 1 N–H and O–H groups in total. The van der Waals surface area contributed by atoms with E-state index < -0.39 is 0 Å². The van der Waals surface area contributed by atoms with Gasteiger partial charge in [-0.3, -0.25) is 4.79 Å². The molecule has 0 atom stereocenters. The third-order valence-electron chi connectivity index (χ3n) is 2.44. The molecule has 19 heavy (non-hydrogen) atoms. The summed E-state index contributed by atoms with van der Waals surface area (Å²) in [4.78, 5) is 11.6. The van der Waals surface area contributed by atoms with Gasteiger partial charge in [-0.25, -0.2) is 0 Å². The van der Waals surface area contributed by atoms with Crippen LogP contribution < -0.4 is 5.32 Å². The van der Waals surface area contributed by atoms with E-state index in [4.69, 9.17) is 0 Å². The number of hydrogen-bond acceptors (Lipinski definition) is 2. The van der Waals surface area contributed by atoms with Gasteiger partial charge in [0.2, 0.25) is 0 Å². The first-order chi connectivity index (χ1) is 9.34. The Morgan fingerprint density at radius 2 is 1.63 bits per heavy atom. The standard InChI is InChI=1S/C16H15NOS/c18-16(17-15-11-5-2-6-12-15)19-13-7-10-14-8-3-1-4-9-14/h1-12H,13H2,(H,17,18)/b10-7+. The van der Waals surface area contributed by atoms with E-state index in [1.165, 1.54) is 11.8 Å². The van der Waals surface area contributed by atoms with E-state index in [9.17, 15) is 4.79 Å². The first-order valence-corrected chi connectivity index (χ1v) is 7.03. The summed E-state index contributed by atoms with van der Waals surface area (Å²) in [5, 5.41) is 2.79. The summed E-state index contributed by atoms with van der Waals surface area (Å²) < 4.78 is 0. The van der Waals surface area contributed by atoms with Gasteiger partial charge in [0.15, 0.2) is 0 Å². The highest BCUT2D eigenvalue weighted by atomic mass is 32.2. The predicted molar refractivity (Wildman–Crippen MR) is 83.4 cm³/mol. The van der Waals surface area contributed by atoms with Crippen LogP contribution in [-0.2, 0) is 0 Å². The van der Waals surface area contributed by atoms with Crippen molar-refractivity contribution in [2.45, 2.75) is 0 Å². The Labute approximate surface area is 117 Å². The van der Waals surface area contributed by atoms with Gasteiger partial charge in [-0.15, -0.1) is 0 Å². The van der Waals surface area contributed by atoms with E-state index >= 15 is 0 Å². The summed E-state index contributed by atoms with van der Waals surface area (Å²) >= 11 is 1.25. The Morgan fingerprint density at radius 1 is 1.00 bits per heavy atom. The van der Waals surface area contributed by atoms with Crippen molar-refractivity contribution in [1.82, 2.24) is 0 Å². The minimum Gasteiger partial charge on any atom is -0.317 e. The molecule has 3 heteroatoms. The molecule has 1 amide bonds. The highest BCUT2D eigenvalue weighted by molar-refractivity contribution is 8.14. The summed E-state index contributed by atoms with van der Waals surface area (Å²) in [7, 11) is 0. The van der Waals surface area contributed by atoms with Crippen LogP contribution in [0.25, 0.3) is 6.08 Å². The Balaban J connectivity index is 1.74. The zero-order valence-corrected chi connectivity index (χ0v) is 11.3. The van der Waals surface area contributed by atoms with Crippen molar-refractivity contribution < 1.29 is 4.79 Å². The molecular weight excluding hydrogens is 254 g/mol. The number of anilines is 1. The van der Waals surface area contributed by atoms with Crippen LogP contribution in [0.3, 0.4) is 0 Å². The number of carbonyl (C=O) groups is 1. The van der Waals surface area contributed by atoms with Crippen LogP contribution in [-0.4, -0.2) is 11.0 Å². The van der Waals surface area contributed by atoms with E-state index in [1.54, 1.807) is 0 Å². The van der Waals surface area contributed by atoms with Crippen LogP contribution in [0.15, 0.2) is 66.7 Å². The van der Waals surface area contributed by atoms with Crippen LogP contribution in [0.2, 0.25) is 0 Å². The Morgan fingerprint density at radius 3 is 2.32 bits per heavy atom. The van der Waals surface area contributed by atoms with Crippen LogP contribution in [0, 0.1) is 0 Å². The smallest absolute Gasteiger partial charge is 0.283 e. The number of nitrogens with one attached hydrogen (secondary N) is 1. The van der Waals surface area contributed by atoms with Gasteiger partial charge < -0.3 is 5.32 Å². The molecule has 0 aromatic heterocycles. The van der Waals surface area contributed by atoms with E-state index in [1.807, 2.05) is 72.8 Å². The summed E-state index contributed by atoms with van der Waals surface area (Å²) in [5.74, 6) is 0.660. The molecule has 0 radical (unpaired) electrons. The van der Waals surface area contributed by atoms with Crippen LogP contribution in [0.1, 0.15) is 5.56 Å². The SMILES string of the molecule is O=C(Nc1ccccc1)SC/C=C/c1ccccc1. The monoisotopic (exact) mass is 269 g/mol. The van der Waals surface area contributed by atoms with Gasteiger partial charge in [-0.2, -0.15) is 0 Å². The first-order valence-electron chi connectivity index (χ1n) is 6.05. The zero-order valence-electron chi connectivity index (χ0n) is 10.5. The lowest BCUT2D eigenvalue weighted by Crippen LogP contribution is -2.04. The maximum Gasteiger partial charge on any atom is 0.283 e. The van der Waals surface area contributed by atoms with Crippen molar-refractivity contribution in [3.63, 3.8) is 0 Å². The molecule has 2 aromatic carbocycles. The lowest BCUT2D eigenvalue weighted by atomic mass is 10.2. The molecule has 0 aliphatic rings. The fourth-order valence-corrected chi connectivity index (χ4v) is 2.08. The molecule has 0 unspecified atom stereocenters. The number of para-hydroxylation sites is 1. The van der Waals surface area contributed by atoms with Crippen LogP contribution >= 0.6 is 11.8 Å². The lowest BCUT2D eigenvalue weighted by molar-refractivity contribution is 0.270. The molecule has 0 fully saturated rings. The average Bonchev–Trinajstić information content (AvgIpc) is 2.46. The highest BCUT2D eigenvalue weighted by Crippen LogP contribution is 2.11. The fourth-order valence-electron chi connectivity index (χ4n) is 1.55. The Bertz CT molecular complexity index is 537. The number of thioether (sulfide) groups is 1. The molecule has 0 saturated heterocycles. The second-order valence-corrected chi connectivity index (χ2v) is 4.90. The minimum absolute atomic E-state index is 0.0380. The second kappa shape index (κ2) is 7.44. The van der Waals surface area contributed by atoms with E-state index in [-0.39, 0.29) is 5.24 Å². The van der Waals surface area contributed by atoms with E-state index in [0.29, 0.717) is 5.75 Å². The average molecular weight is 269 g/mol. The van der Waals surface area contributed by atoms with Gasteiger partial charge in [-0.05, 0) is 17.7 Å². The first kappa shape index (κ1) is 13.4. The van der Waals surface area contributed by atoms with Crippen LogP contribution in [0.5, 0.6) is 0 Å². The summed E-state index contributed by atoms with van der Waals surface area (Å²) in [6, 6.07) is 19.5. The molecule has 2 rings (SSSR count). The van der Waals surface area contributed by atoms with Crippen molar-refractivity contribution >= 4 is 28.8 Å². The number of hydrogen-bond donors (Lipinski definition) is 1. The normalized spacial score (nSPS) is 10.5. The molecule has 0 aliphatic carbocycles. The summed E-state index contributed by atoms with van der Waals surface area (Å²) in [5.41, 5.74) is 1.97. The molecular formula is C16H15NOS. The fraction of sp³-hybridized carbons (Fsp3) is 0.0625. The lowest BCUT2D eigenvalue weighted by Gasteiger charge is -2.02. The minimum atomic E-state index is -0.0380. The maximum atomic E-state index is 11.6. The third-order valence-corrected chi connectivity index (χ3v) is 3.16. The predicted octanol–water partition coefficient (Wildman–Crippen LogP) is 4.67. The van der Waals surface area contributed by atoms with Gasteiger partial charge in [0.25, 0.3) is 5.24 Å². The summed E-state index contributed by atoms with van der Waals surface area (Å²) in [6.07, 6.45) is 4.01. The number of carbonyl (C=O) groups excluding carboxylic acids is 1. The van der Waals surface area contributed by atoms with Crippen molar-refractivity contribution in [3.05, 3.63) is 72.3 Å². The largest absolute Gasteiger partial charge is 0.317 e. The van der Waals surface area contributed by atoms with Gasteiger partial charge in [0.05, 0.1) is 0 Å². The molecule has 0 aliphatic heterocycles. The molecule has 96 valence electrons. The van der Waals surface area contributed by atoms with Crippen molar-refractivity contribution in [2.24, 2.45) is 0 Å². The topological polar surface area (TPSA) is 29.1 Å². The van der Waals surface area contributed by atoms with Crippen molar-refractivity contribution in [3.8, 4) is 0 Å².